The normalized spacial score (nSPS) is 11.7. The van der Waals surface area contributed by atoms with Gasteiger partial charge in [-0.25, -0.2) is 4.39 Å². The van der Waals surface area contributed by atoms with Crippen LogP contribution in [0, 0.1) is 19.7 Å². The molecule has 0 aliphatic carbocycles. The lowest BCUT2D eigenvalue weighted by atomic mass is 10.0. The third-order valence-electron chi connectivity index (χ3n) is 4.74. The van der Waals surface area contributed by atoms with Gasteiger partial charge in [0.15, 0.2) is 0 Å². The number of nitrogens with one attached hydrogen (secondary N) is 1. The molecule has 5 heteroatoms. The number of hydrogen-bond acceptors (Lipinski definition) is 2. The van der Waals surface area contributed by atoms with Crippen LogP contribution >= 0.6 is 0 Å². The van der Waals surface area contributed by atoms with Crippen molar-refractivity contribution >= 4 is 11.8 Å². The fourth-order valence-corrected chi connectivity index (χ4v) is 2.90. The van der Waals surface area contributed by atoms with Crippen molar-refractivity contribution < 1.29 is 14.0 Å². The third-order valence-corrected chi connectivity index (χ3v) is 4.74. The second-order valence-electron chi connectivity index (χ2n) is 6.78. The summed E-state index contributed by atoms with van der Waals surface area (Å²) >= 11 is 0. The van der Waals surface area contributed by atoms with Crippen LogP contribution in [0.25, 0.3) is 0 Å². The molecule has 0 fully saturated rings. The minimum atomic E-state index is -0.691. The van der Waals surface area contributed by atoms with Gasteiger partial charge in [-0.15, -0.1) is 0 Å². The largest absolute Gasteiger partial charge is 0.355 e. The Kier molecular flexibility index (Phi) is 7.11. The predicted molar refractivity (Wildman–Crippen MR) is 105 cm³/mol. The van der Waals surface area contributed by atoms with Crippen molar-refractivity contribution in [3.8, 4) is 0 Å². The van der Waals surface area contributed by atoms with Gasteiger partial charge in [0.2, 0.25) is 11.8 Å². The number of aryl methyl sites for hydroxylation is 2. The fourth-order valence-electron chi connectivity index (χ4n) is 2.90. The van der Waals surface area contributed by atoms with Crippen LogP contribution < -0.4 is 5.32 Å². The van der Waals surface area contributed by atoms with Crippen molar-refractivity contribution in [1.82, 2.24) is 10.2 Å². The molecule has 144 valence electrons. The topological polar surface area (TPSA) is 49.4 Å². The standard InChI is InChI=1S/C22H27FN2O2/c1-5-24-22(27)17(4)25(14-19-8-6-7-9-20(19)23)21(26)13-18-11-10-15(2)16(3)12-18/h6-12,17H,5,13-14H2,1-4H3,(H,24,27)/t17-/m0/s1. The van der Waals surface area contributed by atoms with Crippen molar-refractivity contribution in [2.75, 3.05) is 6.54 Å². The first-order valence-corrected chi connectivity index (χ1v) is 9.20. The van der Waals surface area contributed by atoms with E-state index < -0.39 is 6.04 Å². The molecule has 2 rings (SSSR count). The van der Waals surface area contributed by atoms with Crippen LogP contribution in [-0.2, 0) is 22.6 Å². The minimum Gasteiger partial charge on any atom is -0.355 e. The molecule has 0 aliphatic rings. The molecular formula is C22H27FN2O2. The second-order valence-corrected chi connectivity index (χ2v) is 6.78. The van der Waals surface area contributed by atoms with E-state index >= 15 is 0 Å². The molecule has 27 heavy (non-hydrogen) atoms. The summed E-state index contributed by atoms with van der Waals surface area (Å²) in [7, 11) is 0. The number of hydrogen-bond donors (Lipinski definition) is 1. The molecule has 0 saturated heterocycles. The number of likely N-dealkylation sites (N-methyl/N-ethyl adjacent to an activating group) is 1. The second kappa shape index (κ2) is 9.31. The molecule has 2 aromatic carbocycles. The highest BCUT2D eigenvalue weighted by molar-refractivity contribution is 5.88. The molecule has 1 N–H and O–H groups in total. The van der Waals surface area contributed by atoms with E-state index in [0.717, 1.165) is 16.7 Å². The maximum Gasteiger partial charge on any atom is 0.242 e. The number of carbonyl (C=O) groups is 2. The van der Waals surface area contributed by atoms with E-state index in [4.69, 9.17) is 0 Å². The van der Waals surface area contributed by atoms with Crippen molar-refractivity contribution in [3.63, 3.8) is 0 Å². The van der Waals surface area contributed by atoms with E-state index in [0.29, 0.717) is 12.1 Å². The molecule has 0 unspecified atom stereocenters. The van der Waals surface area contributed by atoms with Crippen molar-refractivity contribution in [1.29, 1.82) is 0 Å². The Bertz CT molecular complexity index is 820. The molecule has 4 nitrogen and oxygen atoms in total. The van der Waals surface area contributed by atoms with Gasteiger partial charge in [0.25, 0.3) is 0 Å². The zero-order valence-electron chi connectivity index (χ0n) is 16.4. The molecule has 0 heterocycles. The summed E-state index contributed by atoms with van der Waals surface area (Å²) in [4.78, 5) is 26.8. The van der Waals surface area contributed by atoms with Crippen molar-refractivity contribution in [2.45, 2.75) is 46.7 Å². The van der Waals surface area contributed by atoms with Gasteiger partial charge < -0.3 is 10.2 Å². The molecule has 0 spiro atoms. The summed E-state index contributed by atoms with van der Waals surface area (Å²) in [6, 6.07) is 11.5. The lowest BCUT2D eigenvalue weighted by molar-refractivity contribution is -0.140. The highest BCUT2D eigenvalue weighted by atomic mass is 19.1. The van der Waals surface area contributed by atoms with Crippen LogP contribution in [0.2, 0.25) is 0 Å². The summed E-state index contributed by atoms with van der Waals surface area (Å²) in [6.07, 6.45) is 0.166. The monoisotopic (exact) mass is 370 g/mol. The molecule has 2 aromatic rings. The number of benzene rings is 2. The van der Waals surface area contributed by atoms with Crippen molar-refractivity contribution in [3.05, 3.63) is 70.5 Å². The molecule has 2 amide bonds. The maximum atomic E-state index is 14.1. The first-order chi connectivity index (χ1) is 12.8. The lowest BCUT2D eigenvalue weighted by Gasteiger charge is -2.29. The zero-order valence-corrected chi connectivity index (χ0v) is 16.4. The van der Waals surface area contributed by atoms with Gasteiger partial charge in [0.05, 0.1) is 6.42 Å². The smallest absolute Gasteiger partial charge is 0.242 e. The summed E-state index contributed by atoms with van der Waals surface area (Å²) in [5, 5.41) is 2.73. The minimum absolute atomic E-state index is 0.0502. The first-order valence-electron chi connectivity index (χ1n) is 9.20. The predicted octanol–water partition coefficient (Wildman–Crippen LogP) is 3.54. The van der Waals surface area contributed by atoms with E-state index in [1.54, 1.807) is 25.1 Å². The number of amides is 2. The Morgan fingerprint density at radius 1 is 1.11 bits per heavy atom. The van der Waals surface area contributed by atoms with Crippen LogP contribution in [0.15, 0.2) is 42.5 Å². The van der Waals surface area contributed by atoms with Gasteiger partial charge in [-0.05, 0) is 50.5 Å². The third kappa shape index (κ3) is 5.39. The van der Waals surface area contributed by atoms with Gasteiger partial charge in [-0.1, -0.05) is 36.4 Å². The summed E-state index contributed by atoms with van der Waals surface area (Å²) in [5.74, 6) is -0.841. The van der Waals surface area contributed by atoms with E-state index in [-0.39, 0.29) is 30.6 Å². The van der Waals surface area contributed by atoms with E-state index in [1.807, 2.05) is 39.0 Å². The molecule has 0 saturated carbocycles. The van der Waals surface area contributed by atoms with Crippen LogP contribution in [-0.4, -0.2) is 29.3 Å². The number of nitrogens with zero attached hydrogens (tertiary/aromatic N) is 1. The average molecular weight is 370 g/mol. The Hall–Kier alpha value is -2.69. The molecule has 0 bridgehead atoms. The van der Waals surface area contributed by atoms with Gasteiger partial charge in [0, 0.05) is 18.7 Å². The van der Waals surface area contributed by atoms with E-state index in [2.05, 4.69) is 5.32 Å². The molecule has 1 atom stereocenters. The van der Waals surface area contributed by atoms with Crippen LogP contribution in [0.1, 0.15) is 36.1 Å². The van der Waals surface area contributed by atoms with Gasteiger partial charge in [-0.3, -0.25) is 9.59 Å². The van der Waals surface area contributed by atoms with Crippen molar-refractivity contribution in [2.24, 2.45) is 0 Å². The Morgan fingerprint density at radius 3 is 2.44 bits per heavy atom. The Balaban J connectivity index is 2.26. The quantitative estimate of drug-likeness (QED) is 0.810. The molecule has 0 aromatic heterocycles. The molecule has 0 radical (unpaired) electrons. The average Bonchev–Trinajstić information content (AvgIpc) is 2.63. The van der Waals surface area contributed by atoms with Gasteiger partial charge >= 0.3 is 0 Å². The number of halogens is 1. The summed E-state index contributed by atoms with van der Waals surface area (Å²) < 4.78 is 14.1. The first kappa shape index (κ1) is 20.6. The molecule has 0 aliphatic heterocycles. The summed E-state index contributed by atoms with van der Waals surface area (Å²) in [6.45, 7) is 8.03. The summed E-state index contributed by atoms with van der Waals surface area (Å²) in [5.41, 5.74) is 3.54. The highest BCUT2D eigenvalue weighted by Crippen LogP contribution is 2.16. The number of carbonyl (C=O) groups excluding carboxylic acids is 2. The van der Waals surface area contributed by atoms with Crippen LogP contribution in [0.5, 0.6) is 0 Å². The fraction of sp³-hybridized carbons (Fsp3) is 0.364. The maximum absolute atomic E-state index is 14.1. The van der Waals surface area contributed by atoms with Crippen LogP contribution in [0.3, 0.4) is 0 Å². The van der Waals surface area contributed by atoms with Gasteiger partial charge in [-0.2, -0.15) is 0 Å². The van der Waals surface area contributed by atoms with E-state index in [9.17, 15) is 14.0 Å². The molecular weight excluding hydrogens is 343 g/mol. The number of rotatable bonds is 7. The van der Waals surface area contributed by atoms with Gasteiger partial charge in [0.1, 0.15) is 11.9 Å². The van der Waals surface area contributed by atoms with Crippen LogP contribution in [0.4, 0.5) is 4.39 Å². The zero-order chi connectivity index (χ0) is 20.0. The highest BCUT2D eigenvalue weighted by Gasteiger charge is 2.26. The van der Waals surface area contributed by atoms with E-state index in [1.165, 1.54) is 11.0 Å². The SMILES string of the molecule is CCNC(=O)[C@H](C)N(Cc1ccccc1F)C(=O)Cc1ccc(C)c(C)c1. The Labute approximate surface area is 160 Å². The Morgan fingerprint density at radius 2 is 1.81 bits per heavy atom. The lowest BCUT2D eigenvalue weighted by Crippen LogP contribution is -2.48.